The molecule has 0 spiro atoms. The Morgan fingerprint density at radius 1 is 1.17 bits per heavy atom. The highest BCUT2D eigenvalue weighted by molar-refractivity contribution is 5.93. The first-order valence-corrected chi connectivity index (χ1v) is 9.25. The van der Waals surface area contributed by atoms with E-state index in [9.17, 15) is 22.8 Å². The molecule has 2 N–H and O–H groups in total. The molecule has 2 aromatic carbocycles. The third-order valence-electron chi connectivity index (χ3n) is 5.02. The van der Waals surface area contributed by atoms with Crippen LogP contribution in [0, 0.1) is 11.3 Å². The molecular formula is C21H20F3NO5. The van der Waals surface area contributed by atoms with Gasteiger partial charge in [0.2, 0.25) is 5.91 Å². The largest absolute Gasteiger partial charge is 0.466 e. The minimum atomic E-state index is -4.47. The van der Waals surface area contributed by atoms with E-state index in [1.54, 1.807) is 36.7 Å². The van der Waals surface area contributed by atoms with Crippen molar-refractivity contribution >= 4 is 11.9 Å². The Balaban J connectivity index is 1.72. The molecule has 1 fully saturated rings. The summed E-state index contributed by atoms with van der Waals surface area (Å²) in [6, 6.07) is 11.0. The highest BCUT2D eigenvalue weighted by atomic mass is 19.4. The molecule has 0 aromatic heterocycles. The van der Waals surface area contributed by atoms with Gasteiger partial charge in [-0.3, -0.25) is 14.8 Å². The van der Waals surface area contributed by atoms with Crippen LogP contribution >= 0.6 is 0 Å². The summed E-state index contributed by atoms with van der Waals surface area (Å²) in [7, 11) is 0. The maximum Gasteiger partial charge on any atom is 0.416 e. The summed E-state index contributed by atoms with van der Waals surface area (Å²) >= 11 is 0. The first-order chi connectivity index (χ1) is 14.2. The fraction of sp³-hybridized carbons (Fsp3) is 0.333. The number of hydrogen-bond acceptors (Lipinski definition) is 5. The van der Waals surface area contributed by atoms with Gasteiger partial charge in [0.1, 0.15) is 11.5 Å². The van der Waals surface area contributed by atoms with Crippen LogP contribution in [0.2, 0.25) is 0 Å². The number of hydroxylamine groups is 1. The number of hydrogen-bond donors (Lipinski definition) is 2. The molecule has 1 aliphatic carbocycles. The predicted molar refractivity (Wildman–Crippen MR) is 98.8 cm³/mol. The number of benzene rings is 2. The number of rotatable bonds is 7. The Hall–Kier alpha value is -3.07. The number of nitrogens with one attached hydrogen (secondary N) is 1. The summed E-state index contributed by atoms with van der Waals surface area (Å²) in [5.41, 5.74) is 0.425. The zero-order chi connectivity index (χ0) is 21.9. The standard InChI is InChI=1S/C21H20F3NO5/c1-2-29-19(27)20(12-17(20)18(26)25-28)11-13-6-8-15(9-7-13)30-16-5-3-4-14(10-16)21(22,23)24/h3-10,17,28H,2,11-12H2,1H3,(H,25,26). The van der Waals surface area contributed by atoms with Crippen LogP contribution in [-0.4, -0.2) is 23.7 Å². The van der Waals surface area contributed by atoms with Gasteiger partial charge in [0, 0.05) is 0 Å². The molecule has 2 unspecified atom stereocenters. The minimum absolute atomic E-state index is 0.0439. The van der Waals surface area contributed by atoms with E-state index in [1.165, 1.54) is 12.1 Å². The van der Waals surface area contributed by atoms with Crippen LogP contribution in [-0.2, 0) is 26.9 Å². The van der Waals surface area contributed by atoms with Gasteiger partial charge in [-0.2, -0.15) is 13.2 Å². The van der Waals surface area contributed by atoms with Crippen molar-refractivity contribution < 1.29 is 37.4 Å². The van der Waals surface area contributed by atoms with E-state index in [4.69, 9.17) is 14.7 Å². The smallest absolute Gasteiger partial charge is 0.416 e. The van der Waals surface area contributed by atoms with Crippen molar-refractivity contribution in [1.82, 2.24) is 5.48 Å². The van der Waals surface area contributed by atoms with Crippen LogP contribution in [0.3, 0.4) is 0 Å². The van der Waals surface area contributed by atoms with Crippen molar-refractivity contribution in [3.63, 3.8) is 0 Å². The highest BCUT2D eigenvalue weighted by Crippen LogP contribution is 2.56. The molecule has 0 aliphatic heterocycles. The molecule has 2 aromatic rings. The highest BCUT2D eigenvalue weighted by Gasteiger charge is 2.64. The SMILES string of the molecule is CCOC(=O)C1(Cc2ccc(Oc3cccc(C(F)(F)F)c3)cc2)CC1C(=O)NO. The van der Waals surface area contributed by atoms with Crippen LogP contribution in [0.15, 0.2) is 48.5 Å². The van der Waals surface area contributed by atoms with Gasteiger partial charge >= 0.3 is 12.1 Å². The molecule has 1 saturated carbocycles. The Kier molecular flexibility index (Phi) is 6.02. The number of halogens is 3. The van der Waals surface area contributed by atoms with Gasteiger partial charge in [0.05, 0.1) is 23.5 Å². The van der Waals surface area contributed by atoms with Crippen LogP contribution in [0.1, 0.15) is 24.5 Å². The topological polar surface area (TPSA) is 84.9 Å². The first kappa shape index (κ1) is 21.6. The summed E-state index contributed by atoms with van der Waals surface area (Å²) < 4.78 is 49.0. The second-order valence-electron chi connectivity index (χ2n) is 7.06. The lowest BCUT2D eigenvalue weighted by atomic mass is 9.93. The molecule has 2 atom stereocenters. The van der Waals surface area contributed by atoms with Crippen molar-refractivity contribution in [3.05, 3.63) is 59.7 Å². The van der Waals surface area contributed by atoms with Gasteiger partial charge in [-0.05, 0) is 55.7 Å². The van der Waals surface area contributed by atoms with Crippen LogP contribution in [0.4, 0.5) is 13.2 Å². The summed E-state index contributed by atoms with van der Waals surface area (Å²) in [5.74, 6) is -1.48. The molecule has 1 aliphatic rings. The summed E-state index contributed by atoms with van der Waals surface area (Å²) in [6.07, 6.45) is -4.00. The fourth-order valence-electron chi connectivity index (χ4n) is 3.41. The Morgan fingerprint density at radius 3 is 2.47 bits per heavy atom. The van der Waals surface area contributed by atoms with E-state index in [1.807, 2.05) is 0 Å². The van der Waals surface area contributed by atoms with Crippen molar-refractivity contribution in [2.45, 2.75) is 25.9 Å². The van der Waals surface area contributed by atoms with E-state index >= 15 is 0 Å². The quantitative estimate of drug-likeness (QED) is 0.398. The zero-order valence-electron chi connectivity index (χ0n) is 16.0. The molecule has 0 radical (unpaired) electrons. The van der Waals surface area contributed by atoms with Crippen molar-refractivity contribution in [1.29, 1.82) is 0 Å². The number of carbonyl (C=O) groups excluding carboxylic acids is 2. The van der Waals surface area contributed by atoms with E-state index < -0.39 is 34.9 Å². The van der Waals surface area contributed by atoms with Gasteiger partial charge in [-0.15, -0.1) is 0 Å². The van der Waals surface area contributed by atoms with E-state index in [0.29, 0.717) is 11.3 Å². The van der Waals surface area contributed by atoms with Crippen LogP contribution in [0.25, 0.3) is 0 Å². The summed E-state index contributed by atoms with van der Waals surface area (Å²) in [5, 5.41) is 8.86. The first-order valence-electron chi connectivity index (χ1n) is 9.25. The number of alkyl halides is 3. The zero-order valence-corrected chi connectivity index (χ0v) is 16.0. The Morgan fingerprint density at radius 2 is 1.87 bits per heavy atom. The van der Waals surface area contributed by atoms with Gasteiger partial charge in [0.25, 0.3) is 0 Å². The molecule has 6 nitrogen and oxygen atoms in total. The van der Waals surface area contributed by atoms with Crippen molar-refractivity contribution in [2.75, 3.05) is 6.61 Å². The fourth-order valence-corrected chi connectivity index (χ4v) is 3.41. The lowest BCUT2D eigenvalue weighted by Crippen LogP contribution is -2.30. The number of carbonyl (C=O) groups is 2. The van der Waals surface area contributed by atoms with Gasteiger partial charge < -0.3 is 9.47 Å². The maximum atomic E-state index is 12.8. The molecule has 1 amide bonds. The average molecular weight is 423 g/mol. The third-order valence-corrected chi connectivity index (χ3v) is 5.02. The molecule has 0 saturated heterocycles. The lowest BCUT2D eigenvalue weighted by molar-refractivity contribution is -0.152. The number of esters is 1. The second kappa shape index (κ2) is 8.35. The van der Waals surface area contributed by atoms with Crippen LogP contribution in [0.5, 0.6) is 11.5 Å². The predicted octanol–water partition coefficient (Wildman–Crippen LogP) is 4.12. The Labute approximate surface area is 170 Å². The third kappa shape index (κ3) is 4.56. The molecule has 30 heavy (non-hydrogen) atoms. The minimum Gasteiger partial charge on any atom is -0.466 e. The number of amides is 1. The number of ether oxygens (including phenoxy) is 2. The molecular weight excluding hydrogens is 403 g/mol. The molecule has 9 heteroatoms. The average Bonchev–Trinajstić information content (AvgIpc) is 3.44. The summed E-state index contributed by atoms with van der Waals surface area (Å²) in [6.45, 7) is 1.83. The van der Waals surface area contributed by atoms with Crippen LogP contribution < -0.4 is 10.2 Å². The van der Waals surface area contributed by atoms with E-state index in [0.717, 1.165) is 12.1 Å². The molecule has 3 rings (SSSR count). The summed E-state index contributed by atoms with van der Waals surface area (Å²) in [4.78, 5) is 24.2. The van der Waals surface area contributed by atoms with Gasteiger partial charge in [0.15, 0.2) is 0 Å². The van der Waals surface area contributed by atoms with Gasteiger partial charge in [-0.25, -0.2) is 5.48 Å². The maximum absolute atomic E-state index is 12.8. The normalized spacial score (nSPS) is 20.4. The lowest BCUT2D eigenvalue weighted by Gasteiger charge is -2.16. The molecule has 0 heterocycles. The molecule has 160 valence electrons. The van der Waals surface area contributed by atoms with E-state index in [2.05, 4.69) is 0 Å². The molecule has 0 bridgehead atoms. The monoisotopic (exact) mass is 423 g/mol. The van der Waals surface area contributed by atoms with Crippen molar-refractivity contribution in [2.24, 2.45) is 11.3 Å². The Bertz CT molecular complexity index is 929. The van der Waals surface area contributed by atoms with E-state index in [-0.39, 0.29) is 25.2 Å². The van der Waals surface area contributed by atoms with Crippen molar-refractivity contribution in [3.8, 4) is 11.5 Å². The van der Waals surface area contributed by atoms with Gasteiger partial charge in [-0.1, -0.05) is 18.2 Å². The second-order valence-corrected chi connectivity index (χ2v) is 7.06.